The summed E-state index contributed by atoms with van der Waals surface area (Å²) in [5, 5.41) is 0. The molecule has 0 saturated heterocycles. The lowest BCUT2D eigenvalue weighted by Gasteiger charge is -2.31. The SMILES string of the molecule is CCSC(C)(CC)CCC(C)(I)CC. The van der Waals surface area contributed by atoms with Gasteiger partial charge < -0.3 is 0 Å². The molecule has 0 rings (SSSR count). The zero-order valence-electron chi connectivity index (χ0n) is 10.3. The van der Waals surface area contributed by atoms with Crippen molar-refractivity contribution in [1.29, 1.82) is 0 Å². The fraction of sp³-hybridized carbons (Fsp3) is 1.00. The summed E-state index contributed by atoms with van der Waals surface area (Å²) in [5.74, 6) is 1.24. The predicted octanol–water partition coefficient (Wildman–Crippen LogP) is 5.29. The molecule has 0 aliphatic rings. The standard InChI is InChI=1S/C12H25IS/c1-6-11(4,13)9-10-12(5,7-2)14-8-3/h6-10H2,1-5H3. The highest BCUT2D eigenvalue weighted by molar-refractivity contribution is 14.1. The first-order chi connectivity index (χ1) is 6.39. The minimum absolute atomic E-state index is 0.502. The van der Waals surface area contributed by atoms with Crippen molar-refractivity contribution in [3.63, 3.8) is 0 Å². The lowest BCUT2D eigenvalue weighted by molar-refractivity contribution is 0.485. The van der Waals surface area contributed by atoms with Crippen LogP contribution in [0.3, 0.4) is 0 Å². The highest BCUT2D eigenvalue weighted by Crippen LogP contribution is 2.38. The smallest absolute Gasteiger partial charge is 0.0192 e. The van der Waals surface area contributed by atoms with Crippen molar-refractivity contribution in [2.24, 2.45) is 0 Å². The molecular weight excluding hydrogens is 303 g/mol. The van der Waals surface area contributed by atoms with E-state index < -0.39 is 0 Å². The van der Waals surface area contributed by atoms with E-state index in [1.165, 1.54) is 31.4 Å². The molecule has 0 N–H and O–H groups in total. The van der Waals surface area contributed by atoms with Crippen LogP contribution in [0, 0.1) is 0 Å². The van der Waals surface area contributed by atoms with Crippen molar-refractivity contribution >= 4 is 34.4 Å². The lowest BCUT2D eigenvalue weighted by atomic mass is 9.94. The van der Waals surface area contributed by atoms with E-state index in [9.17, 15) is 0 Å². The molecule has 0 aliphatic carbocycles. The summed E-state index contributed by atoms with van der Waals surface area (Å²) in [7, 11) is 0. The molecule has 86 valence electrons. The van der Waals surface area contributed by atoms with Gasteiger partial charge in [0.25, 0.3) is 0 Å². The van der Waals surface area contributed by atoms with Crippen molar-refractivity contribution in [3.8, 4) is 0 Å². The van der Waals surface area contributed by atoms with Crippen LogP contribution in [-0.4, -0.2) is 13.9 Å². The Bertz CT molecular complexity index is 156. The molecule has 0 amide bonds. The Morgan fingerprint density at radius 3 is 1.93 bits per heavy atom. The molecule has 14 heavy (non-hydrogen) atoms. The van der Waals surface area contributed by atoms with Crippen LogP contribution in [0.1, 0.15) is 60.3 Å². The zero-order valence-corrected chi connectivity index (χ0v) is 13.3. The average Bonchev–Trinajstić information content (AvgIpc) is 2.16. The van der Waals surface area contributed by atoms with Crippen molar-refractivity contribution < 1.29 is 0 Å². The van der Waals surface area contributed by atoms with Crippen LogP contribution < -0.4 is 0 Å². The van der Waals surface area contributed by atoms with Crippen molar-refractivity contribution in [1.82, 2.24) is 0 Å². The number of rotatable bonds is 7. The molecule has 0 aromatic carbocycles. The minimum atomic E-state index is 0.502. The fourth-order valence-electron chi connectivity index (χ4n) is 1.40. The summed E-state index contributed by atoms with van der Waals surface area (Å²) in [5.41, 5.74) is 0. The Morgan fingerprint density at radius 1 is 1.00 bits per heavy atom. The fourth-order valence-corrected chi connectivity index (χ4v) is 2.82. The number of alkyl halides is 1. The summed E-state index contributed by atoms with van der Waals surface area (Å²) < 4.78 is 1.01. The molecule has 2 heteroatoms. The normalized spacial score (nSPS) is 20.1. The highest BCUT2D eigenvalue weighted by atomic mass is 127. The van der Waals surface area contributed by atoms with E-state index in [-0.39, 0.29) is 0 Å². The van der Waals surface area contributed by atoms with E-state index in [0.29, 0.717) is 8.17 Å². The molecule has 0 nitrogen and oxygen atoms in total. The average molecular weight is 328 g/mol. The van der Waals surface area contributed by atoms with E-state index in [1.54, 1.807) is 0 Å². The number of hydrogen-bond donors (Lipinski definition) is 0. The van der Waals surface area contributed by atoms with Gasteiger partial charge >= 0.3 is 0 Å². The van der Waals surface area contributed by atoms with Crippen LogP contribution in [-0.2, 0) is 0 Å². The lowest BCUT2D eigenvalue weighted by Crippen LogP contribution is -2.24. The summed E-state index contributed by atoms with van der Waals surface area (Å²) in [4.78, 5) is 0. The minimum Gasteiger partial charge on any atom is -0.156 e. The molecule has 0 fully saturated rings. The quantitative estimate of drug-likeness (QED) is 0.452. The van der Waals surface area contributed by atoms with Gasteiger partial charge in [-0.05, 0) is 31.4 Å². The molecule has 0 aromatic heterocycles. The first kappa shape index (κ1) is 15.1. The highest BCUT2D eigenvalue weighted by Gasteiger charge is 2.26. The predicted molar refractivity (Wildman–Crippen MR) is 78.8 cm³/mol. The Morgan fingerprint density at radius 2 is 1.57 bits per heavy atom. The second kappa shape index (κ2) is 6.62. The molecular formula is C12H25IS. The number of thioether (sulfide) groups is 1. The van der Waals surface area contributed by atoms with Gasteiger partial charge in [-0.15, -0.1) is 0 Å². The molecule has 0 aliphatic heterocycles. The molecule has 0 heterocycles. The van der Waals surface area contributed by atoms with Crippen LogP contribution in [0.25, 0.3) is 0 Å². The third-order valence-corrected chi connectivity index (χ3v) is 5.93. The van der Waals surface area contributed by atoms with E-state index in [1.807, 2.05) is 0 Å². The molecule has 0 radical (unpaired) electrons. The Hall–Kier alpha value is 1.08. The van der Waals surface area contributed by atoms with Crippen LogP contribution in [0.5, 0.6) is 0 Å². The van der Waals surface area contributed by atoms with Crippen LogP contribution in [0.2, 0.25) is 0 Å². The van der Waals surface area contributed by atoms with Crippen LogP contribution >= 0.6 is 34.4 Å². The van der Waals surface area contributed by atoms with Crippen LogP contribution in [0.4, 0.5) is 0 Å². The van der Waals surface area contributed by atoms with Gasteiger partial charge in [0.1, 0.15) is 0 Å². The van der Waals surface area contributed by atoms with Gasteiger partial charge in [-0.1, -0.05) is 57.2 Å². The first-order valence-corrected chi connectivity index (χ1v) is 7.78. The van der Waals surface area contributed by atoms with Gasteiger partial charge in [0.05, 0.1) is 0 Å². The molecule has 0 spiro atoms. The van der Waals surface area contributed by atoms with Gasteiger partial charge in [-0.2, -0.15) is 11.8 Å². The van der Waals surface area contributed by atoms with Crippen LogP contribution in [0.15, 0.2) is 0 Å². The summed E-state index contributed by atoms with van der Waals surface area (Å²) in [6.45, 7) is 11.7. The monoisotopic (exact) mass is 328 g/mol. The maximum absolute atomic E-state index is 2.62. The van der Waals surface area contributed by atoms with E-state index in [4.69, 9.17) is 0 Å². The third kappa shape index (κ3) is 5.84. The molecule has 2 atom stereocenters. The Kier molecular flexibility index (Phi) is 7.13. The maximum atomic E-state index is 2.62. The largest absolute Gasteiger partial charge is 0.156 e. The van der Waals surface area contributed by atoms with Gasteiger partial charge in [0.15, 0.2) is 0 Å². The summed E-state index contributed by atoms with van der Waals surface area (Å²) in [6, 6.07) is 0. The molecule has 0 bridgehead atoms. The van der Waals surface area contributed by atoms with Crippen molar-refractivity contribution in [3.05, 3.63) is 0 Å². The number of halogens is 1. The van der Waals surface area contributed by atoms with E-state index in [0.717, 1.165) is 0 Å². The number of hydrogen-bond acceptors (Lipinski definition) is 1. The van der Waals surface area contributed by atoms with Gasteiger partial charge in [0.2, 0.25) is 0 Å². The van der Waals surface area contributed by atoms with Gasteiger partial charge in [-0.3, -0.25) is 0 Å². The molecule has 0 aromatic rings. The maximum Gasteiger partial charge on any atom is 0.0192 e. The molecule has 2 unspecified atom stereocenters. The summed E-state index contributed by atoms with van der Waals surface area (Å²) >= 11 is 4.74. The second-order valence-corrected chi connectivity index (χ2v) is 8.96. The third-order valence-electron chi connectivity index (χ3n) is 3.15. The first-order valence-electron chi connectivity index (χ1n) is 5.72. The Balaban J connectivity index is 4.06. The van der Waals surface area contributed by atoms with Crippen molar-refractivity contribution in [2.45, 2.75) is 68.5 Å². The Labute approximate surface area is 108 Å². The van der Waals surface area contributed by atoms with Gasteiger partial charge in [0, 0.05) is 8.17 Å². The second-order valence-electron chi connectivity index (χ2n) is 4.50. The van der Waals surface area contributed by atoms with Crippen molar-refractivity contribution in [2.75, 3.05) is 5.75 Å². The van der Waals surface area contributed by atoms with E-state index in [2.05, 4.69) is 69.0 Å². The topological polar surface area (TPSA) is 0 Å². The molecule has 0 saturated carbocycles. The van der Waals surface area contributed by atoms with E-state index >= 15 is 0 Å². The zero-order chi connectivity index (χ0) is 11.2. The summed E-state index contributed by atoms with van der Waals surface area (Å²) in [6.07, 6.45) is 5.28. The van der Waals surface area contributed by atoms with Gasteiger partial charge in [-0.25, -0.2) is 0 Å².